The molecule has 2 N–H and O–H groups in total. The van der Waals surface area contributed by atoms with Crippen molar-refractivity contribution in [3.05, 3.63) is 42.7 Å². The molecule has 0 fully saturated rings. The third-order valence-corrected chi connectivity index (χ3v) is 1.92. The van der Waals surface area contributed by atoms with Crippen LogP contribution in [0.1, 0.15) is 0 Å². The van der Waals surface area contributed by atoms with Crippen molar-refractivity contribution in [1.29, 1.82) is 0 Å². The van der Waals surface area contributed by atoms with Crippen molar-refractivity contribution >= 4 is 5.69 Å². The molecular weight excluding hydrogens is 181 g/mol. The van der Waals surface area contributed by atoms with E-state index in [2.05, 4.69) is 9.97 Å². The fourth-order valence-electron chi connectivity index (χ4n) is 1.22. The summed E-state index contributed by atoms with van der Waals surface area (Å²) >= 11 is 0. The van der Waals surface area contributed by atoms with Gasteiger partial charge >= 0.3 is 0 Å². The number of halogens is 1. The fourth-order valence-corrected chi connectivity index (χ4v) is 1.22. The molecule has 14 heavy (non-hydrogen) atoms. The average Bonchev–Trinajstić information content (AvgIpc) is 2.20. The molecule has 2 aromatic heterocycles. The van der Waals surface area contributed by atoms with Crippen LogP contribution in [0.25, 0.3) is 11.1 Å². The standard InChI is InChI=1S/C10H8FN3/c11-9-6-14-3-1-7(9)8-5-13-4-2-10(8)12/h1-6H,(H2,12,13). The van der Waals surface area contributed by atoms with Gasteiger partial charge in [-0.15, -0.1) is 0 Å². The van der Waals surface area contributed by atoms with Crippen molar-refractivity contribution in [3.63, 3.8) is 0 Å². The summed E-state index contributed by atoms with van der Waals surface area (Å²) in [6, 6.07) is 3.21. The molecule has 0 atom stereocenters. The maximum absolute atomic E-state index is 13.3. The molecule has 0 spiro atoms. The van der Waals surface area contributed by atoms with E-state index >= 15 is 0 Å². The van der Waals surface area contributed by atoms with E-state index in [4.69, 9.17) is 5.73 Å². The Morgan fingerprint density at radius 2 is 1.71 bits per heavy atom. The summed E-state index contributed by atoms with van der Waals surface area (Å²) in [5.41, 5.74) is 7.21. The van der Waals surface area contributed by atoms with Crippen LogP contribution < -0.4 is 5.73 Å². The number of hydrogen-bond acceptors (Lipinski definition) is 3. The lowest BCUT2D eigenvalue weighted by molar-refractivity contribution is 0.625. The highest BCUT2D eigenvalue weighted by atomic mass is 19.1. The summed E-state index contributed by atoms with van der Waals surface area (Å²) in [7, 11) is 0. The predicted molar refractivity (Wildman–Crippen MR) is 51.8 cm³/mol. The van der Waals surface area contributed by atoms with Gasteiger partial charge in [-0.3, -0.25) is 9.97 Å². The van der Waals surface area contributed by atoms with Crippen molar-refractivity contribution in [1.82, 2.24) is 9.97 Å². The minimum absolute atomic E-state index is 0.396. The van der Waals surface area contributed by atoms with Crippen molar-refractivity contribution in [3.8, 4) is 11.1 Å². The van der Waals surface area contributed by atoms with Gasteiger partial charge in [-0.2, -0.15) is 0 Å². The van der Waals surface area contributed by atoms with Gasteiger partial charge < -0.3 is 5.73 Å². The van der Waals surface area contributed by atoms with Crippen LogP contribution in [0.3, 0.4) is 0 Å². The molecule has 0 aliphatic heterocycles. The smallest absolute Gasteiger partial charge is 0.149 e. The van der Waals surface area contributed by atoms with Gasteiger partial charge in [0, 0.05) is 35.4 Å². The highest BCUT2D eigenvalue weighted by Crippen LogP contribution is 2.25. The van der Waals surface area contributed by atoms with Gasteiger partial charge in [0.25, 0.3) is 0 Å². The minimum Gasteiger partial charge on any atom is -0.398 e. The lowest BCUT2D eigenvalue weighted by Crippen LogP contribution is -1.93. The van der Waals surface area contributed by atoms with Crippen LogP contribution >= 0.6 is 0 Å². The molecule has 2 aromatic rings. The first-order valence-corrected chi connectivity index (χ1v) is 4.08. The van der Waals surface area contributed by atoms with Crippen molar-refractivity contribution in [2.45, 2.75) is 0 Å². The number of nitrogen functional groups attached to an aromatic ring is 1. The van der Waals surface area contributed by atoms with Gasteiger partial charge in [-0.05, 0) is 12.1 Å². The molecule has 0 bridgehead atoms. The minimum atomic E-state index is -0.396. The molecule has 4 heteroatoms. The molecule has 0 saturated carbocycles. The summed E-state index contributed by atoms with van der Waals surface area (Å²) in [5, 5.41) is 0. The quantitative estimate of drug-likeness (QED) is 0.744. The average molecular weight is 189 g/mol. The van der Waals surface area contributed by atoms with Crippen molar-refractivity contribution in [2.24, 2.45) is 0 Å². The van der Waals surface area contributed by atoms with Gasteiger partial charge in [-0.1, -0.05) is 0 Å². The molecule has 0 aromatic carbocycles. The summed E-state index contributed by atoms with van der Waals surface area (Å²) in [4.78, 5) is 7.56. The fraction of sp³-hybridized carbons (Fsp3) is 0. The molecule has 0 radical (unpaired) electrons. The largest absolute Gasteiger partial charge is 0.398 e. The number of nitrogens with zero attached hydrogens (tertiary/aromatic N) is 2. The molecule has 0 unspecified atom stereocenters. The lowest BCUT2D eigenvalue weighted by Gasteiger charge is -2.04. The monoisotopic (exact) mass is 189 g/mol. The number of hydrogen-bond donors (Lipinski definition) is 1. The number of anilines is 1. The maximum atomic E-state index is 13.3. The van der Waals surface area contributed by atoms with E-state index in [1.54, 1.807) is 18.3 Å². The maximum Gasteiger partial charge on any atom is 0.149 e. The lowest BCUT2D eigenvalue weighted by atomic mass is 10.1. The van der Waals surface area contributed by atoms with Gasteiger partial charge in [0.2, 0.25) is 0 Å². The van der Waals surface area contributed by atoms with E-state index in [1.165, 1.54) is 12.4 Å². The van der Waals surface area contributed by atoms with Gasteiger partial charge in [0.05, 0.1) is 6.20 Å². The second-order valence-corrected chi connectivity index (χ2v) is 2.82. The molecule has 0 amide bonds. The van der Waals surface area contributed by atoms with Crippen LogP contribution in [0, 0.1) is 5.82 Å². The molecule has 70 valence electrons. The molecular formula is C10H8FN3. The van der Waals surface area contributed by atoms with Crippen molar-refractivity contribution < 1.29 is 4.39 Å². The van der Waals surface area contributed by atoms with E-state index in [1.807, 2.05) is 0 Å². The van der Waals surface area contributed by atoms with Crippen molar-refractivity contribution in [2.75, 3.05) is 5.73 Å². The Morgan fingerprint density at radius 1 is 1.00 bits per heavy atom. The molecule has 2 heterocycles. The van der Waals surface area contributed by atoms with Gasteiger partial charge in [0.1, 0.15) is 5.82 Å². The van der Waals surface area contributed by atoms with Crippen LogP contribution in [0.15, 0.2) is 36.9 Å². The summed E-state index contributed by atoms with van der Waals surface area (Å²) in [6.07, 6.45) is 5.78. The van der Waals surface area contributed by atoms with Crippen LogP contribution in [-0.2, 0) is 0 Å². The first-order valence-electron chi connectivity index (χ1n) is 4.08. The first kappa shape index (κ1) is 8.62. The number of pyridine rings is 2. The molecule has 0 aliphatic rings. The topological polar surface area (TPSA) is 51.8 Å². The van der Waals surface area contributed by atoms with Crippen LogP contribution in [0.4, 0.5) is 10.1 Å². The summed E-state index contributed by atoms with van der Waals surface area (Å²) in [6.45, 7) is 0. The summed E-state index contributed by atoms with van der Waals surface area (Å²) < 4.78 is 13.3. The van der Waals surface area contributed by atoms with Crippen LogP contribution in [-0.4, -0.2) is 9.97 Å². The highest BCUT2D eigenvalue weighted by molar-refractivity contribution is 5.75. The van der Waals surface area contributed by atoms with E-state index in [0.29, 0.717) is 16.8 Å². The Balaban J connectivity index is 2.61. The Kier molecular flexibility index (Phi) is 2.10. The zero-order valence-corrected chi connectivity index (χ0v) is 7.31. The zero-order valence-electron chi connectivity index (χ0n) is 7.31. The third-order valence-electron chi connectivity index (χ3n) is 1.92. The summed E-state index contributed by atoms with van der Waals surface area (Å²) in [5.74, 6) is -0.396. The van der Waals surface area contributed by atoms with E-state index < -0.39 is 5.82 Å². The van der Waals surface area contributed by atoms with E-state index in [0.717, 1.165) is 6.20 Å². The molecule has 0 aliphatic carbocycles. The van der Waals surface area contributed by atoms with Gasteiger partial charge in [0.15, 0.2) is 0 Å². The Hall–Kier alpha value is -1.97. The van der Waals surface area contributed by atoms with Crippen LogP contribution in [0.5, 0.6) is 0 Å². The Morgan fingerprint density at radius 3 is 2.43 bits per heavy atom. The van der Waals surface area contributed by atoms with E-state index in [-0.39, 0.29) is 0 Å². The predicted octanol–water partition coefficient (Wildman–Crippen LogP) is 1.86. The Labute approximate surface area is 80.4 Å². The number of nitrogens with two attached hydrogens (primary N) is 1. The SMILES string of the molecule is Nc1ccncc1-c1ccncc1F. The molecule has 0 saturated heterocycles. The number of aromatic nitrogens is 2. The van der Waals surface area contributed by atoms with Crippen LogP contribution in [0.2, 0.25) is 0 Å². The second-order valence-electron chi connectivity index (χ2n) is 2.82. The first-order chi connectivity index (χ1) is 6.79. The van der Waals surface area contributed by atoms with E-state index in [9.17, 15) is 4.39 Å². The second kappa shape index (κ2) is 3.41. The molecule has 2 rings (SSSR count). The normalized spacial score (nSPS) is 10.1. The number of rotatable bonds is 1. The zero-order chi connectivity index (χ0) is 9.97. The highest BCUT2D eigenvalue weighted by Gasteiger charge is 2.07. The Bertz CT molecular complexity index is 413. The third kappa shape index (κ3) is 1.42. The molecule has 3 nitrogen and oxygen atoms in total. The van der Waals surface area contributed by atoms with Gasteiger partial charge in [-0.25, -0.2) is 4.39 Å².